The molecule has 1 atom stereocenters. The summed E-state index contributed by atoms with van der Waals surface area (Å²) in [5.74, 6) is -0.857. The molecule has 0 aromatic heterocycles. The van der Waals surface area contributed by atoms with Gasteiger partial charge in [0, 0.05) is 19.3 Å². The minimum Gasteiger partial charge on any atom is -0.462 e. The smallest absolute Gasteiger partial charge is 0.306 e. The van der Waals surface area contributed by atoms with Crippen LogP contribution in [0.1, 0.15) is 348 Å². The molecule has 0 aliphatic rings. The van der Waals surface area contributed by atoms with Gasteiger partial charge in [0.2, 0.25) is 0 Å². The third-order valence-electron chi connectivity index (χ3n) is 14.6. The Kier molecular flexibility index (Phi) is 60.7. The normalized spacial score (nSPS) is 12.3. The molecule has 0 bridgehead atoms. The second kappa shape index (κ2) is 62.9. The fourth-order valence-corrected chi connectivity index (χ4v) is 9.62. The van der Waals surface area contributed by atoms with Gasteiger partial charge >= 0.3 is 17.9 Å². The topological polar surface area (TPSA) is 78.9 Å². The molecule has 0 aliphatic heterocycles. The summed E-state index contributed by atoms with van der Waals surface area (Å²) in [6.45, 7) is 6.64. The monoisotopic (exact) mass is 1040 g/mol. The molecule has 0 radical (unpaired) electrons. The van der Waals surface area contributed by atoms with Gasteiger partial charge in [-0.15, -0.1) is 0 Å². The van der Waals surface area contributed by atoms with Crippen LogP contribution in [0.4, 0.5) is 0 Å². The number of unbranched alkanes of at least 4 members (excludes halogenated alkanes) is 41. The molecule has 0 fully saturated rings. The molecule has 6 nitrogen and oxygen atoms in total. The van der Waals surface area contributed by atoms with Crippen molar-refractivity contribution in [3.63, 3.8) is 0 Å². The van der Waals surface area contributed by atoms with E-state index in [1.54, 1.807) is 0 Å². The maximum Gasteiger partial charge on any atom is 0.306 e. The third kappa shape index (κ3) is 60.2. The summed E-state index contributed by atoms with van der Waals surface area (Å²) in [6, 6.07) is 0. The van der Waals surface area contributed by atoms with E-state index in [1.807, 2.05) is 0 Å². The highest BCUT2D eigenvalue weighted by atomic mass is 16.6. The predicted octanol–water partition coefficient (Wildman–Crippen LogP) is 22.2. The summed E-state index contributed by atoms with van der Waals surface area (Å²) >= 11 is 0. The van der Waals surface area contributed by atoms with Crippen LogP contribution in [-0.2, 0) is 28.6 Å². The second-order valence-corrected chi connectivity index (χ2v) is 22.0. The van der Waals surface area contributed by atoms with E-state index >= 15 is 0 Å². The van der Waals surface area contributed by atoms with Crippen LogP contribution in [0.2, 0.25) is 0 Å². The van der Waals surface area contributed by atoms with Crippen molar-refractivity contribution >= 4 is 17.9 Å². The van der Waals surface area contributed by atoms with Gasteiger partial charge in [-0.3, -0.25) is 14.4 Å². The van der Waals surface area contributed by atoms with Gasteiger partial charge in [0.15, 0.2) is 6.10 Å². The highest BCUT2D eigenvalue weighted by molar-refractivity contribution is 5.71. The lowest BCUT2D eigenvalue weighted by Gasteiger charge is -2.18. The molecule has 74 heavy (non-hydrogen) atoms. The molecule has 0 heterocycles. The first-order valence-electron chi connectivity index (χ1n) is 32.6. The molecule has 0 aliphatic carbocycles. The number of rotatable bonds is 60. The molecule has 0 saturated carbocycles. The average molecular weight is 1040 g/mol. The molecule has 0 saturated heterocycles. The maximum absolute atomic E-state index is 12.9. The van der Waals surface area contributed by atoms with E-state index < -0.39 is 6.10 Å². The number of carbonyl (C=O) groups excluding carboxylic acids is 3. The largest absolute Gasteiger partial charge is 0.462 e. The van der Waals surface area contributed by atoms with Crippen LogP contribution < -0.4 is 0 Å². The minimum atomic E-state index is -0.772. The van der Waals surface area contributed by atoms with E-state index in [4.69, 9.17) is 14.2 Å². The van der Waals surface area contributed by atoms with Crippen molar-refractivity contribution in [1.29, 1.82) is 0 Å². The van der Waals surface area contributed by atoms with Gasteiger partial charge in [-0.05, 0) is 83.5 Å². The SMILES string of the molecule is CCCCC/C=C\C/C=C\CCCCCCCCCCCC(=O)OC(COC(=O)CCCCCCCCCCCC)COC(=O)CCCCCCCCCCCCCCCCC/C=C\C/C=C\CCCCCCC. The Morgan fingerprint density at radius 3 is 0.770 bits per heavy atom. The van der Waals surface area contributed by atoms with Crippen LogP contribution in [0, 0.1) is 0 Å². The summed E-state index contributed by atoms with van der Waals surface area (Å²) in [5.41, 5.74) is 0. The second-order valence-electron chi connectivity index (χ2n) is 22.0. The standard InChI is InChI=1S/C68H124O6/c1-4-7-10-13-16-19-22-24-26-28-30-31-32-33-34-35-36-37-39-40-42-44-46-49-52-55-58-61-67(70)73-64-65(63-72-66(69)60-57-54-51-48-21-18-15-12-9-6-3)74-68(71)62-59-56-53-50-47-45-43-41-38-29-27-25-23-20-17-14-11-8-5-2/h17,20,22,24-25,27-28,30,65H,4-16,18-19,21,23,26,29,31-64H2,1-3H3/b20-17-,24-22-,27-25-,30-28-. The molecule has 6 heteroatoms. The van der Waals surface area contributed by atoms with E-state index in [1.165, 1.54) is 238 Å². The summed E-state index contributed by atoms with van der Waals surface area (Å²) in [5, 5.41) is 0. The highest BCUT2D eigenvalue weighted by Gasteiger charge is 2.19. The van der Waals surface area contributed by atoms with Crippen LogP contribution >= 0.6 is 0 Å². The summed E-state index contributed by atoms with van der Waals surface area (Å²) in [4.78, 5) is 38.2. The molecule has 0 rings (SSSR count). The first-order valence-corrected chi connectivity index (χ1v) is 32.6. The zero-order valence-electron chi connectivity index (χ0n) is 49.6. The first-order chi connectivity index (χ1) is 36.5. The zero-order chi connectivity index (χ0) is 53.6. The lowest BCUT2D eigenvalue weighted by molar-refractivity contribution is -0.167. The van der Waals surface area contributed by atoms with Crippen molar-refractivity contribution < 1.29 is 28.6 Å². The highest BCUT2D eigenvalue weighted by Crippen LogP contribution is 2.17. The van der Waals surface area contributed by atoms with E-state index in [0.717, 1.165) is 70.6 Å². The maximum atomic E-state index is 12.9. The quantitative estimate of drug-likeness (QED) is 0.0261. The van der Waals surface area contributed by atoms with Gasteiger partial charge in [-0.25, -0.2) is 0 Å². The molecule has 0 aromatic rings. The van der Waals surface area contributed by atoms with E-state index in [9.17, 15) is 14.4 Å². The fourth-order valence-electron chi connectivity index (χ4n) is 9.62. The van der Waals surface area contributed by atoms with Crippen molar-refractivity contribution in [1.82, 2.24) is 0 Å². The Balaban J connectivity index is 4.18. The summed E-state index contributed by atoms with van der Waals surface area (Å²) in [6.07, 6.45) is 78.4. The predicted molar refractivity (Wildman–Crippen MR) is 321 cm³/mol. The number of hydrogen-bond donors (Lipinski definition) is 0. The van der Waals surface area contributed by atoms with Crippen LogP contribution in [0.5, 0.6) is 0 Å². The molecule has 0 spiro atoms. The van der Waals surface area contributed by atoms with Crippen molar-refractivity contribution in [2.45, 2.75) is 354 Å². The number of allylic oxidation sites excluding steroid dienone is 8. The van der Waals surface area contributed by atoms with Crippen molar-refractivity contribution in [3.05, 3.63) is 48.6 Å². The van der Waals surface area contributed by atoms with Gasteiger partial charge in [0.05, 0.1) is 0 Å². The molecule has 1 unspecified atom stereocenters. The Morgan fingerprint density at radius 2 is 0.486 bits per heavy atom. The van der Waals surface area contributed by atoms with Gasteiger partial charge < -0.3 is 14.2 Å². The third-order valence-corrected chi connectivity index (χ3v) is 14.6. The Bertz CT molecular complexity index is 1280. The number of carbonyl (C=O) groups is 3. The lowest BCUT2D eigenvalue weighted by atomic mass is 10.0. The van der Waals surface area contributed by atoms with Crippen molar-refractivity contribution in [2.24, 2.45) is 0 Å². The molecule has 0 N–H and O–H groups in total. The number of ether oxygens (including phenoxy) is 3. The molecule has 0 aromatic carbocycles. The van der Waals surface area contributed by atoms with Crippen molar-refractivity contribution in [2.75, 3.05) is 13.2 Å². The molecular weight excluding hydrogens is 913 g/mol. The molecule has 0 amide bonds. The fraction of sp³-hybridized carbons (Fsp3) is 0.838. The van der Waals surface area contributed by atoms with Crippen LogP contribution in [0.25, 0.3) is 0 Å². The van der Waals surface area contributed by atoms with Gasteiger partial charge in [0.25, 0.3) is 0 Å². The Hall–Kier alpha value is -2.63. The van der Waals surface area contributed by atoms with E-state index in [-0.39, 0.29) is 31.1 Å². The van der Waals surface area contributed by atoms with Crippen molar-refractivity contribution in [3.8, 4) is 0 Å². The Morgan fingerprint density at radius 1 is 0.270 bits per heavy atom. The minimum absolute atomic E-state index is 0.0707. The van der Waals surface area contributed by atoms with E-state index in [2.05, 4.69) is 69.4 Å². The summed E-state index contributed by atoms with van der Waals surface area (Å²) in [7, 11) is 0. The Labute approximate surface area is 460 Å². The summed E-state index contributed by atoms with van der Waals surface area (Å²) < 4.78 is 16.9. The molecular formula is C68H124O6. The van der Waals surface area contributed by atoms with Crippen LogP contribution in [0.15, 0.2) is 48.6 Å². The first kappa shape index (κ1) is 71.4. The zero-order valence-corrected chi connectivity index (χ0v) is 49.6. The number of hydrogen-bond acceptors (Lipinski definition) is 6. The van der Waals surface area contributed by atoms with Gasteiger partial charge in [-0.1, -0.05) is 294 Å². The van der Waals surface area contributed by atoms with Crippen LogP contribution in [0.3, 0.4) is 0 Å². The molecule has 432 valence electrons. The van der Waals surface area contributed by atoms with E-state index in [0.29, 0.717) is 19.3 Å². The van der Waals surface area contributed by atoms with Gasteiger partial charge in [0.1, 0.15) is 13.2 Å². The van der Waals surface area contributed by atoms with Gasteiger partial charge in [-0.2, -0.15) is 0 Å². The van der Waals surface area contributed by atoms with Crippen LogP contribution in [-0.4, -0.2) is 37.2 Å². The lowest BCUT2D eigenvalue weighted by Crippen LogP contribution is -2.30. The average Bonchev–Trinajstić information content (AvgIpc) is 3.40. The number of esters is 3.